The lowest BCUT2D eigenvalue weighted by Gasteiger charge is -2.28. The number of benzene rings is 3. The smallest absolute Gasteiger partial charge is 0.176 e. The van der Waals surface area contributed by atoms with Crippen molar-refractivity contribution >= 4 is 34.4 Å². The van der Waals surface area contributed by atoms with Gasteiger partial charge < -0.3 is 4.57 Å². The molecule has 4 heteroatoms. The topological polar surface area (TPSA) is 34.9 Å². The van der Waals surface area contributed by atoms with Crippen molar-refractivity contribution in [1.29, 1.82) is 0 Å². The minimum atomic E-state index is -2.24. The second kappa shape index (κ2) is 8.24. The van der Waals surface area contributed by atoms with Crippen molar-refractivity contribution in [3.63, 3.8) is 0 Å². The predicted molar refractivity (Wildman–Crippen MR) is 118 cm³/mol. The molecule has 0 amide bonds. The molecule has 1 heterocycles. The fourth-order valence-electron chi connectivity index (χ4n) is 3.48. The number of rotatable bonds is 6. The first-order valence-electron chi connectivity index (χ1n) is 9.19. The van der Waals surface area contributed by atoms with E-state index in [0.29, 0.717) is 0 Å². The molecule has 0 spiro atoms. The van der Waals surface area contributed by atoms with Gasteiger partial charge in [-0.2, -0.15) is 0 Å². The standard InChI is InChI=1S/C24H21N2OP/c27-21(18-26-17-16-25-20-26)19-28(22-10-4-1-5-11-22,23-12-6-2-7-13-23)24-14-8-3-9-15-24/h1-17,19-20H,18H2. The zero-order valence-electron chi connectivity index (χ0n) is 15.4. The van der Waals surface area contributed by atoms with E-state index < -0.39 is 6.89 Å². The minimum Gasteiger partial charge on any atom is -0.330 e. The van der Waals surface area contributed by atoms with Gasteiger partial charge in [0.15, 0.2) is 5.78 Å². The Morgan fingerprint density at radius 1 is 0.786 bits per heavy atom. The Hall–Kier alpha value is -3.16. The van der Waals surface area contributed by atoms with E-state index in [1.54, 1.807) is 12.5 Å². The van der Waals surface area contributed by atoms with Gasteiger partial charge in [0.1, 0.15) is 0 Å². The van der Waals surface area contributed by atoms with Crippen LogP contribution in [0.15, 0.2) is 110 Å². The van der Waals surface area contributed by atoms with Crippen molar-refractivity contribution in [1.82, 2.24) is 9.55 Å². The van der Waals surface area contributed by atoms with Crippen LogP contribution < -0.4 is 15.9 Å². The lowest BCUT2D eigenvalue weighted by molar-refractivity contribution is -0.112. The van der Waals surface area contributed by atoms with Gasteiger partial charge in [0.25, 0.3) is 0 Å². The number of hydrogen-bond donors (Lipinski definition) is 0. The maximum absolute atomic E-state index is 13.2. The lowest BCUT2D eigenvalue weighted by Crippen LogP contribution is -2.29. The van der Waals surface area contributed by atoms with Crippen LogP contribution in [0.3, 0.4) is 0 Å². The number of aromatic nitrogens is 2. The molecular formula is C24H21N2OP. The highest BCUT2D eigenvalue weighted by atomic mass is 31.2. The third-order valence-electron chi connectivity index (χ3n) is 4.73. The van der Waals surface area contributed by atoms with Gasteiger partial charge in [-0.05, 0) is 28.6 Å². The third kappa shape index (κ3) is 3.62. The number of Topliss-reactive ketones (excluding diaryl/α,β-unsaturated/α-hetero) is 1. The fourth-order valence-corrected chi connectivity index (χ4v) is 7.26. The van der Waals surface area contributed by atoms with Gasteiger partial charge in [0.05, 0.1) is 12.9 Å². The quantitative estimate of drug-likeness (QED) is 0.479. The molecule has 28 heavy (non-hydrogen) atoms. The fraction of sp³-hybridized carbons (Fsp3) is 0.0417. The summed E-state index contributed by atoms with van der Waals surface area (Å²) in [6.45, 7) is -1.95. The second-order valence-corrected chi connectivity index (χ2v) is 9.81. The molecular weight excluding hydrogens is 363 g/mol. The van der Waals surface area contributed by atoms with E-state index in [9.17, 15) is 4.79 Å². The number of carbonyl (C=O) groups excluding carboxylic acids is 1. The van der Waals surface area contributed by atoms with Crippen molar-refractivity contribution in [2.45, 2.75) is 6.54 Å². The molecule has 0 atom stereocenters. The molecule has 4 aromatic rings. The van der Waals surface area contributed by atoms with E-state index in [-0.39, 0.29) is 12.3 Å². The first kappa shape index (κ1) is 18.2. The van der Waals surface area contributed by atoms with E-state index in [0.717, 1.165) is 0 Å². The predicted octanol–water partition coefficient (Wildman–Crippen LogP) is 3.25. The van der Waals surface area contributed by atoms with Crippen LogP contribution in [0.5, 0.6) is 0 Å². The van der Waals surface area contributed by atoms with Crippen molar-refractivity contribution < 1.29 is 4.79 Å². The van der Waals surface area contributed by atoms with Crippen LogP contribution in [-0.4, -0.2) is 21.1 Å². The van der Waals surface area contributed by atoms with E-state index in [4.69, 9.17) is 0 Å². The number of nitrogens with zero attached hydrogens (tertiary/aromatic N) is 2. The second-order valence-electron chi connectivity index (χ2n) is 6.56. The summed E-state index contributed by atoms with van der Waals surface area (Å²) in [5, 5.41) is 3.52. The summed E-state index contributed by atoms with van der Waals surface area (Å²) in [7, 11) is 0. The molecule has 0 bridgehead atoms. The minimum absolute atomic E-state index is 0.0860. The van der Waals surface area contributed by atoms with E-state index >= 15 is 0 Å². The van der Waals surface area contributed by atoms with Crippen LogP contribution in [0.4, 0.5) is 0 Å². The van der Waals surface area contributed by atoms with Gasteiger partial charge in [-0.25, -0.2) is 4.98 Å². The van der Waals surface area contributed by atoms with Crippen molar-refractivity contribution in [2.24, 2.45) is 0 Å². The van der Waals surface area contributed by atoms with E-state index in [1.807, 2.05) is 71.2 Å². The highest BCUT2D eigenvalue weighted by Gasteiger charge is 2.26. The van der Waals surface area contributed by atoms with Crippen LogP contribution >= 0.6 is 6.89 Å². The summed E-state index contributed by atoms with van der Waals surface area (Å²) in [6, 6.07) is 31.1. The van der Waals surface area contributed by atoms with Crippen LogP contribution in [0.2, 0.25) is 0 Å². The summed E-state index contributed by atoms with van der Waals surface area (Å²) in [5.41, 5.74) is 0. The Morgan fingerprint density at radius 3 is 1.64 bits per heavy atom. The molecule has 4 rings (SSSR count). The molecule has 0 aliphatic rings. The summed E-state index contributed by atoms with van der Waals surface area (Å²) in [6.07, 6.45) is 5.19. The molecule has 138 valence electrons. The van der Waals surface area contributed by atoms with Crippen LogP contribution in [0.25, 0.3) is 0 Å². The van der Waals surface area contributed by atoms with Crippen LogP contribution in [-0.2, 0) is 11.3 Å². The molecule has 0 N–H and O–H groups in total. The Kier molecular flexibility index (Phi) is 5.36. The monoisotopic (exact) mass is 384 g/mol. The summed E-state index contributed by atoms with van der Waals surface area (Å²) < 4.78 is 1.81. The number of carbonyl (C=O) groups is 1. The number of imidazole rings is 1. The zero-order chi connectivity index (χ0) is 19.2. The lowest BCUT2D eigenvalue weighted by atomic mass is 10.4. The van der Waals surface area contributed by atoms with Crippen LogP contribution in [0, 0.1) is 0 Å². The number of ketones is 1. The Balaban J connectivity index is 1.98. The highest BCUT2D eigenvalue weighted by molar-refractivity contribution is 7.95. The first-order valence-corrected chi connectivity index (χ1v) is 11.0. The van der Waals surface area contributed by atoms with Gasteiger partial charge in [-0.15, -0.1) is 0 Å². The molecule has 0 saturated carbocycles. The Morgan fingerprint density at radius 2 is 1.25 bits per heavy atom. The number of hydrogen-bond acceptors (Lipinski definition) is 2. The first-order chi connectivity index (χ1) is 13.8. The van der Waals surface area contributed by atoms with Gasteiger partial charge in [0, 0.05) is 12.4 Å². The normalized spacial score (nSPS) is 11.1. The molecule has 0 unspecified atom stereocenters. The third-order valence-corrected chi connectivity index (χ3v) is 8.74. The summed E-state index contributed by atoms with van der Waals surface area (Å²) in [5.74, 6) is 2.05. The van der Waals surface area contributed by atoms with Gasteiger partial charge in [-0.3, -0.25) is 4.79 Å². The molecule has 0 saturated heterocycles. The maximum atomic E-state index is 13.2. The van der Waals surface area contributed by atoms with E-state index in [2.05, 4.69) is 41.4 Å². The Bertz CT molecular complexity index is 986. The average Bonchev–Trinajstić information content (AvgIpc) is 3.27. The average molecular weight is 384 g/mol. The SMILES string of the molecule is O=C(C=P(c1ccccc1)(c1ccccc1)c1ccccc1)Cn1ccnc1. The zero-order valence-corrected chi connectivity index (χ0v) is 16.3. The Labute approximate surface area is 165 Å². The molecule has 0 aliphatic heterocycles. The van der Waals surface area contributed by atoms with Crippen molar-refractivity contribution in [3.8, 4) is 0 Å². The summed E-state index contributed by atoms with van der Waals surface area (Å²) >= 11 is 0. The molecule has 0 radical (unpaired) electrons. The molecule has 0 fully saturated rings. The molecule has 3 nitrogen and oxygen atoms in total. The molecule has 1 aromatic heterocycles. The molecule has 0 aliphatic carbocycles. The van der Waals surface area contributed by atoms with Crippen molar-refractivity contribution in [3.05, 3.63) is 110 Å². The highest BCUT2D eigenvalue weighted by Crippen LogP contribution is 2.43. The van der Waals surface area contributed by atoms with Crippen LogP contribution in [0.1, 0.15) is 0 Å². The summed E-state index contributed by atoms with van der Waals surface area (Å²) in [4.78, 5) is 17.2. The largest absolute Gasteiger partial charge is 0.330 e. The molecule has 3 aromatic carbocycles. The van der Waals surface area contributed by atoms with E-state index in [1.165, 1.54) is 15.9 Å². The van der Waals surface area contributed by atoms with Gasteiger partial charge in [0.2, 0.25) is 0 Å². The van der Waals surface area contributed by atoms with Gasteiger partial charge in [-0.1, -0.05) is 91.0 Å². The maximum Gasteiger partial charge on any atom is 0.176 e. The van der Waals surface area contributed by atoms with Crippen molar-refractivity contribution in [2.75, 3.05) is 0 Å². The van der Waals surface area contributed by atoms with Gasteiger partial charge >= 0.3 is 0 Å².